The van der Waals surface area contributed by atoms with Gasteiger partial charge in [-0.05, 0) is 108 Å². The van der Waals surface area contributed by atoms with Crippen molar-refractivity contribution < 1.29 is 92.0 Å². The number of likely N-dealkylation sites (N-methyl/N-ethyl adjacent to an activating group) is 4. The number of carboxylic acid groups (broad SMARTS) is 1. The van der Waals surface area contributed by atoms with Crippen LogP contribution in [0.2, 0.25) is 0 Å². The molecule has 0 bridgehead atoms. The summed E-state index contributed by atoms with van der Waals surface area (Å²) in [5.74, 6) is -17.2. The van der Waals surface area contributed by atoms with Gasteiger partial charge in [-0.25, -0.2) is 0 Å². The number of nitrogens with one attached hydrogen (secondary N) is 10. The molecule has 36 heteroatoms. The first-order valence-electron chi connectivity index (χ1n) is 44.2. The minimum atomic E-state index is -1.91. The Balaban J connectivity index is 1.13. The number of amides is 15. The van der Waals surface area contributed by atoms with Gasteiger partial charge in [-0.15, -0.1) is 11.8 Å². The summed E-state index contributed by atoms with van der Waals surface area (Å²) in [6.45, 7) is 8.43. The molecule has 15 amide bonds. The molecule has 9 rings (SSSR count). The van der Waals surface area contributed by atoms with Crippen molar-refractivity contribution in [2.45, 2.75) is 197 Å². The van der Waals surface area contributed by atoms with Crippen molar-refractivity contribution in [1.82, 2.24) is 77.3 Å². The predicted octanol–water partition coefficient (Wildman–Crippen LogP) is 3.25. The SMILES string of the molecule is CCCC[C@H]1C(=O)N(C)CC(=O)N[C@@H](CC(=O)O)C(=O)N[C@@H](C(C)C)C(=O)N(C)[C@@H](Cc2ccccc2)C(=O)N[C@@H](Cc2ccc(O)cc2)C(=O)N2CCC[C@]2(C)C(=O)N[C@@H](Cc2c[nH]c3ccccc23)C(=O)N[C@@H](Cc2ccc(O)cc2)C(=O)N[C@@H](CC(C)C)C(=O)N[C@H](C(=O)NCC(N)=O)CSCC(=O)N[C@@H](Cc2ccccc2)C(=O)N(C)[C@@H](Cc2ccccc2)C(=O)N1C. The molecule has 2 fully saturated rings. The zero-order chi connectivity index (χ0) is 96.2. The Labute approximate surface area is 771 Å². The first-order chi connectivity index (χ1) is 62.8. The number of phenolic OH excluding ortho intramolecular Hbond substituents is 2. The van der Waals surface area contributed by atoms with Crippen molar-refractivity contribution in [1.29, 1.82) is 0 Å². The van der Waals surface area contributed by atoms with E-state index >= 15 is 47.9 Å². The van der Waals surface area contributed by atoms with Crippen LogP contribution in [-0.4, -0.2) is 271 Å². The molecule has 2 aliphatic rings. The van der Waals surface area contributed by atoms with Gasteiger partial charge in [0.25, 0.3) is 0 Å². The Hall–Kier alpha value is -13.7. The van der Waals surface area contributed by atoms with Crippen LogP contribution >= 0.6 is 11.8 Å². The van der Waals surface area contributed by atoms with Crippen LogP contribution in [0, 0.1) is 11.8 Å². The summed E-state index contributed by atoms with van der Waals surface area (Å²) in [7, 11) is 5.31. The number of carboxylic acids is 1. The van der Waals surface area contributed by atoms with Crippen LogP contribution in [0.15, 0.2) is 170 Å². The number of nitrogens with zero attached hydrogens (tertiary/aromatic N) is 5. The Bertz CT molecular complexity index is 5220. The van der Waals surface area contributed by atoms with E-state index in [0.717, 1.165) is 21.6 Å². The van der Waals surface area contributed by atoms with Gasteiger partial charge in [0.2, 0.25) is 88.6 Å². The molecule has 7 aromatic rings. The van der Waals surface area contributed by atoms with Gasteiger partial charge in [0.1, 0.15) is 83.5 Å². The second-order valence-corrected chi connectivity index (χ2v) is 35.7. The molecule has 0 radical (unpaired) electrons. The number of hydrogen-bond donors (Lipinski definition) is 14. The number of aromatic nitrogens is 1. The molecule has 6 aromatic carbocycles. The first kappa shape index (κ1) is 102. The predicted molar refractivity (Wildman–Crippen MR) is 494 cm³/mol. The summed E-state index contributed by atoms with van der Waals surface area (Å²) in [5, 5.41) is 56.3. The fourth-order valence-electron chi connectivity index (χ4n) is 16.2. The summed E-state index contributed by atoms with van der Waals surface area (Å²) in [6, 6.07) is 27.6. The average Bonchev–Trinajstić information content (AvgIpc) is 1.61. The molecule has 132 heavy (non-hydrogen) atoms. The summed E-state index contributed by atoms with van der Waals surface area (Å²) in [4.78, 5) is 247. The number of hydrogen-bond acceptors (Lipinski definition) is 19. The molecule has 35 nitrogen and oxygen atoms in total. The zero-order valence-electron chi connectivity index (χ0n) is 76.0. The average molecular weight is 1840 g/mol. The van der Waals surface area contributed by atoms with Crippen molar-refractivity contribution in [3.63, 3.8) is 0 Å². The topological polar surface area (TPSA) is 500 Å². The molecule has 0 aliphatic carbocycles. The number of aromatic hydroxyl groups is 2. The molecular weight excluding hydrogens is 1710 g/mol. The summed E-state index contributed by atoms with van der Waals surface area (Å²) in [6.07, 6.45) is 0.360. The third-order valence-corrected chi connectivity index (χ3v) is 24.7. The van der Waals surface area contributed by atoms with Crippen molar-refractivity contribution in [2.75, 3.05) is 59.3 Å². The molecule has 0 saturated carbocycles. The first-order valence-corrected chi connectivity index (χ1v) is 45.3. The highest BCUT2D eigenvalue weighted by molar-refractivity contribution is 8.00. The van der Waals surface area contributed by atoms with Crippen LogP contribution < -0.4 is 53.6 Å². The van der Waals surface area contributed by atoms with E-state index in [2.05, 4.69) is 52.8 Å². The number of primary amides is 1. The quantitative estimate of drug-likeness (QED) is 0.0437. The molecule has 3 heterocycles. The van der Waals surface area contributed by atoms with Gasteiger partial charge in [-0.3, -0.25) is 76.7 Å². The Kier molecular flexibility index (Phi) is 37.3. The number of nitrogens with two attached hydrogens (primary N) is 1. The van der Waals surface area contributed by atoms with E-state index in [1.165, 1.54) is 98.3 Å². The van der Waals surface area contributed by atoms with E-state index in [0.29, 0.717) is 57.1 Å². The second-order valence-electron chi connectivity index (χ2n) is 34.6. The minimum absolute atomic E-state index is 0.00447. The largest absolute Gasteiger partial charge is 0.508 e. The van der Waals surface area contributed by atoms with Gasteiger partial charge in [0, 0.05) is 96.1 Å². The van der Waals surface area contributed by atoms with E-state index in [9.17, 15) is 44.1 Å². The fourth-order valence-corrected chi connectivity index (χ4v) is 17.1. The minimum Gasteiger partial charge on any atom is -0.508 e. The normalized spacial score (nSPS) is 23.2. The summed E-state index contributed by atoms with van der Waals surface area (Å²) >= 11 is 0.834. The number of carbonyl (C=O) groups excluding carboxylic acids is 15. The summed E-state index contributed by atoms with van der Waals surface area (Å²) < 4.78 is 0. The van der Waals surface area contributed by atoms with Gasteiger partial charge in [0.15, 0.2) is 0 Å². The third kappa shape index (κ3) is 28.7. The number of rotatable bonds is 23. The van der Waals surface area contributed by atoms with Gasteiger partial charge in [0.05, 0.1) is 25.3 Å². The Morgan fingerprint density at radius 2 is 0.992 bits per heavy atom. The molecule has 0 spiro atoms. The molecule has 12 atom stereocenters. The Morgan fingerprint density at radius 1 is 0.508 bits per heavy atom. The zero-order valence-corrected chi connectivity index (χ0v) is 76.8. The lowest BCUT2D eigenvalue weighted by Gasteiger charge is -2.38. The van der Waals surface area contributed by atoms with E-state index in [-0.39, 0.29) is 93.9 Å². The fraction of sp³-hybridized carbons (Fsp3) is 0.438. The lowest BCUT2D eigenvalue weighted by molar-refractivity contribution is -0.151. The van der Waals surface area contributed by atoms with Crippen LogP contribution in [0.4, 0.5) is 0 Å². The number of H-pyrrole nitrogens is 1. The lowest BCUT2D eigenvalue weighted by Crippen LogP contribution is -2.64. The highest BCUT2D eigenvalue weighted by atomic mass is 32.2. The van der Waals surface area contributed by atoms with Crippen molar-refractivity contribution in [3.8, 4) is 11.5 Å². The van der Waals surface area contributed by atoms with E-state index in [1.54, 1.807) is 149 Å². The van der Waals surface area contributed by atoms with E-state index < -0.39 is 198 Å². The second kappa shape index (κ2) is 48.3. The molecule has 2 saturated heterocycles. The number of fused-ring (bicyclic) bond motifs is 2. The lowest BCUT2D eigenvalue weighted by atomic mass is 9.94. The molecule has 706 valence electrons. The highest BCUT2D eigenvalue weighted by Gasteiger charge is 2.50. The molecule has 1 aromatic heterocycles. The van der Waals surface area contributed by atoms with Gasteiger partial charge < -0.3 is 98.4 Å². The number of phenols is 2. The monoisotopic (exact) mass is 1830 g/mol. The molecule has 15 N–H and O–H groups in total. The van der Waals surface area contributed by atoms with E-state index in [4.69, 9.17) is 5.73 Å². The van der Waals surface area contributed by atoms with E-state index in [1.807, 2.05) is 6.92 Å². The molecule has 0 unspecified atom stereocenters. The van der Waals surface area contributed by atoms with Crippen molar-refractivity contribution in [3.05, 3.63) is 203 Å². The van der Waals surface area contributed by atoms with Crippen LogP contribution in [-0.2, 0) is 115 Å². The van der Waals surface area contributed by atoms with Crippen LogP contribution in [0.1, 0.15) is 120 Å². The molecular formula is C96H122N16O19S. The van der Waals surface area contributed by atoms with Crippen molar-refractivity contribution in [2.24, 2.45) is 17.6 Å². The maximum absolute atomic E-state index is 15.9. The number of unbranched alkanes of at least 4 members (excludes halogenated alkanes) is 1. The van der Waals surface area contributed by atoms with Gasteiger partial charge in [-0.1, -0.05) is 181 Å². The van der Waals surface area contributed by atoms with Gasteiger partial charge >= 0.3 is 5.97 Å². The number of para-hydroxylation sites is 1. The Morgan fingerprint density at radius 3 is 1.55 bits per heavy atom. The maximum atomic E-state index is 15.9. The summed E-state index contributed by atoms with van der Waals surface area (Å²) in [5.41, 5.74) is 7.37. The van der Waals surface area contributed by atoms with Crippen molar-refractivity contribution >= 4 is 117 Å². The smallest absolute Gasteiger partial charge is 0.305 e. The number of benzene rings is 6. The number of aliphatic carboxylic acids is 1. The van der Waals surface area contributed by atoms with Crippen LogP contribution in [0.5, 0.6) is 11.5 Å². The van der Waals surface area contributed by atoms with Crippen LogP contribution in [0.25, 0.3) is 10.9 Å². The van der Waals surface area contributed by atoms with Crippen LogP contribution in [0.3, 0.4) is 0 Å². The third-order valence-electron chi connectivity index (χ3n) is 23.7. The highest BCUT2D eigenvalue weighted by Crippen LogP contribution is 2.33. The maximum Gasteiger partial charge on any atom is 0.305 e. The molecule has 2 aliphatic heterocycles. The standard InChI is InChI=1S/C96H122N16O19S/c1-11-12-33-76-92(128)108(7)54-80(116)100-72(51-82(118)119)88(124)107-83(58(4)5)94(130)110(9)77(48-60-27-18-14-19-28-60)89(125)104-74(47-63-36-40-66(114)41-37-63)91(127)112-43-24-42-96(112,6)95(131)106-71(50-64-52-98-68-32-23-22-31-67(64)68)87(123)103-70(45-62-34-38-65(113)39-35-62)86(122)102-69(44-57(2)3)85(121)105-75(84(120)99-53-79(97)115)55-132-56-81(117)101-73(46-59-25-16-13-17-26-59)90(126)111(10)78(93(129)109(76)8)49-61-29-20-15-21-30-61/h13-23,25-32,34-41,52,57-58,69-78,83,98,113-114H,11-12,24,33,42-51,53-56H2,1-10H3,(H2,97,115)(H,99,120)(H,100,116)(H,101,117)(H,102,122)(H,103,123)(H,104,125)(H,105,121)(H,106,131)(H,107,124)(H,118,119)/t69-,70-,71-,72-,73-,74-,75-,76-,77-,78-,83-,96+/m0/s1. The number of carbonyl (C=O) groups is 16. The number of thioether (sulfide) groups is 1. The van der Waals surface area contributed by atoms with Gasteiger partial charge in [-0.2, -0.15) is 0 Å². The number of aromatic amines is 1.